The van der Waals surface area contributed by atoms with E-state index in [1.807, 2.05) is 12.1 Å². The Kier molecular flexibility index (Phi) is 4.66. The number of nitrogens with two attached hydrogens (primary N) is 1. The van der Waals surface area contributed by atoms with Gasteiger partial charge in [-0.05, 0) is 36.4 Å². The van der Waals surface area contributed by atoms with Crippen LogP contribution in [0.15, 0.2) is 57.9 Å². The summed E-state index contributed by atoms with van der Waals surface area (Å²) in [5.41, 5.74) is 7.11. The topological polar surface area (TPSA) is 43.1 Å². The first-order valence-electron chi connectivity index (χ1n) is 5.83. The first-order valence-corrected chi connectivity index (χ1v) is 8.42. The zero-order valence-corrected chi connectivity index (χ0v) is 13.0. The molecule has 0 saturated heterocycles. The van der Waals surface area contributed by atoms with Crippen molar-refractivity contribution in [2.75, 3.05) is 6.26 Å². The summed E-state index contributed by atoms with van der Waals surface area (Å²) in [5, 5.41) is 0. The molecule has 19 heavy (non-hydrogen) atoms. The number of carbonyl (C=O) groups is 1. The number of amides is 1. The molecule has 2 N–H and O–H groups in total. The van der Waals surface area contributed by atoms with Gasteiger partial charge in [0.25, 0.3) is 0 Å². The lowest BCUT2D eigenvalue weighted by atomic mass is 10.2. The van der Waals surface area contributed by atoms with Crippen LogP contribution < -0.4 is 5.73 Å². The van der Waals surface area contributed by atoms with Crippen molar-refractivity contribution in [2.45, 2.75) is 10.6 Å². The molecule has 0 radical (unpaired) electrons. The summed E-state index contributed by atoms with van der Waals surface area (Å²) >= 11 is 3.44. The first kappa shape index (κ1) is 14.2. The average molecular weight is 337 g/mol. The highest BCUT2D eigenvalue weighted by Gasteiger charge is 2.16. The quantitative estimate of drug-likeness (QED) is 0.854. The van der Waals surface area contributed by atoms with Gasteiger partial charge < -0.3 is 5.73 Å². The highest BCUT2D eigenvalue weighted by Crippen LogP contribution is 2.19. The SMILES string of the molecule is C[S+](Cc1ccc(Br)cc1)c1ccc(C(N)=O)cc1. The summed E-state index contributed by atoms with van der Waals surface area (Å²) < 4.78 is 1.10. The van der Waals surface area contributed by atoms with E-state index in [9.17, 15) is 4.79 Å². The van der Waals surface area contributed by atoms with Crippen LogP contribution in [0.1, 0.15) is 15.9 Å². The van der Waals surface area contributed by atoms with Gasteiger partial charge in [0.05, 0.1) is 0 Å². The van der Waals surface area contributed by atoms with Crippen molar-refractivity contribution in [3.63, 3.8) is 0 Å². The summed E-state index contributed by atoms with van der Waals surface area (Å²) in [6, 6.07) is 15.9. The van der Waals surface area contributed by atoms with E-state index in [0.29, 0.717) is 5.56 Å². The standard InChI is InChI=1S/C15H14BrNOS/c1-19(10-11-2-6-13(16)7-3-11)14-8-4-12(5-9-14)15(17)18/h2-9H,10H2,1H3,(H-,17,18)/p+1. The summed E-state index contributed by atoms with van der Waals surface area (Å²) in [6.45, 7) is 0. The summed E-state index contributed by atoms with van der Waals surface area (Å²) in [5.74, 6) is 0.624. The van der Waals surface area contributed by atoms with Crippen molar-refractivity contribution in [2.24, 2.45) is 5.73 Å². The second-order valence-corrected chi connectivity index (χ2v) is 7.25. The van der Waals surface area contributed by atoms with Crippen LogP contribution in [0.5, 0.6) is 0 Å². The molecule has 0 spiro atoms. The molecule has 0 aliphatic carbocycles. The molecule has 2 aromatic carbocycles. The molecule has 0 aliphatic heterocycles. The molecule has 1 unspecified atom stereocenters. The lowest BCUT2D eigenvalue weighted by molar-refractivity contribution is 0.1000. The van der Waals surface area contributed by atoms with E-state index >= 15 is 0 Å². The van der Waals surface area contributed by atoms with Gasteiger partial charge >= 0.3 is 0 Å². The van der Waals surface area contributed by atoms with Gasteiger partial charge in [-0.2, -0.15) is 0 Å². The van der Waals surface area contributed by atoms with E-state index in [-0.39, 0.29) is 16.8 Å². The van der Waals surface area contributed by atoms with E-state index in [0.717, 1.165) is 10.2 Å². The molecule has 2 aromatic rings. The van der Waals surface area contributed by atoms with Gasteiger partial charge in [-0.25, -0.2) is 0 Å². The van der Waals surface area contributed by atoms with Gasteiger partial charge in [0.15, 0.2) is 4.90 Å². The average Bonchev–Trinajstić information content (AvgIpc) is 2.41. The largest absolute Gasteiger partial charge is 0.366 e. The van der Waals surface area contributed by atoms with Gasteiger partial charge in [-0.3, -0.25) is 4.79 Å². The minimum absolute atomic E-state index is 0.120. The van der Waals surface area contributed by atoms with Gasteiger partial charge in [0.2, 0.25) is 5.91 Å². The number of hydrogen-bond donors (Lipinski definition) is 1. The Hall–Kier alpha value is -1.26. The number of halogens is 1. The smallest absolute Gasteiger partial charge is 0.248 e. The fourth-order valence-electron chi connectivity index (χ4n) is 1.77. The molecule has 0 saturated carbocycles. The number of primary amides is 1. The highest BCUT2D eigenvalue weighted by atomic mass is 79.9. The van der Waals surface area contributed by atoms with Crippen molar-refractivity contribution in [1.82, 2.24) is 0 Å². The number of carbonyl (C=O) groups excluding carboxylic acids is 1. The van der Waals surface area contributed by atoms with Gasteiger partial charge in [0.1, 0.15) is 12.0 Å². The molecule has 1 atom stereocenters. The fraction of sp³-hybridized carbons (Fsp3) is 0.133. The van der Waals surface area contributed by atoms with Crippen LogP contribution in [-0.4, -0.2) is 12.2 Å². The highest BCUT2D eigenvalue weighted by molar-refractivity contribution is 9.10. The molecular weight excluding hydrogens is 322 g/mol. The second-order valence-electron chi connectivity index (χ2n) is 4.30. The molecule has 0 aromatic heterocycles. The van der Waals surface area contributed by atoms with E-state index < -0.39 is 0 Å². The lowest BCUT2D eigenvalue weighted by Crippen LogP contribution is -2.11. The van der Waals surface area contributed by atoms with E-state index in [4.69, 9.17) is 5.73 Å². The fourth-order valence-corrected chi connectivity index (χ4v) is 3.49. The maximum atomic E-state index is 11.0. The van der Waals surface area contributed by atoms with Crippen LogP contribution in [0.2, 0.25) is 0 Å². The molecule has 0 bridgehead atoms. The van der Waals surface area contributed by atoms with Crippen LogP contribution in [0.25, 0.3) is 0 Å². The zero-order chi connectivity index (χ0) is 13.8. The number of rotatable bonds is 4. The van der Waals surface area contributed by atoms with E-state index in [1.165, 1.54) is 10.5 Å². The minimum atomic E-state index is -0.379. The molecule has 2 rings (SSSR count). The first-order chi connectivity index (χ1) is 9.06. The van der Waals surface area contributed by atoms with Crippen molar-refractivity contribution in [3.8, 4) is 0 Å². The zero-order valence-electron chi connectivity index (χ0n) is 10.6. The summed E-state index contributed by atoms with van der Waals surface area (Å²) in [4.78, 5) is 12.3. The van der Waals surface area contributed by atoms with E-state index in [1.54, 1.807) is 12.1 Å². The molecule has 4 heteroatoms. The van der Waals surface area contributed by atoms with Crippen LogP contribution in [0, 0.1) is 0 Å². The molecule has 98 valence electrons. The third kappa shape index (κ3) is 3.85. The molecule has 2 nitrogen and oxygen atoms in total. The van der Waals surface area contributed by atoms with Crippen LogP contribution in [-0.2, 0) is 16.6 Å². The van der Waals surface area contributed by atoms with Crippen molar-refractivity contribution in [1.29, 1.82) is 0 Å². The maximum Gasteiger partial charge on any atom is 0.248 e. The van der Waals surface area contributed by atoms with Crippen LogP contribution in [0.4, 0.5) is 0 Å². The molecule has 0 fully saturated rings. The van der Waals surface area contributed by atoms with Gasteiger partial charge in [0, 0.05) is 26.5 Å². The van der Waals surface area contributed by atoms with Crippen molar-refractivity contribution >= 4 is 32.7 Å². The predicted molar refractivity (Wildman–Crippen MR) is 84.4 cm³/mol. The van der Waals surface area contributed by atoms with Crippen LogP contribution >= 0.6 is 15.9 Å². The molecule has 0 heterocycles. The summed E-state index contributed by atoms with van der Waals surface area (Å²) in [7, 11) is 0.120. The number of hydrogen-bond acceptors (Lipinski definition) is 1. The molecule has 0 aliphatic rings. The van der Waals surface area contributed by atoms with E-state index in [2.05, 4.69) is 46.5 Å². The predicted octanol–water partition coefficient (Wildman–Crippen LogP) is 3.36. The number of benzene rings is 2. The summed E-state index contributed by atoms with van der Waals surface area (Å²) in [6.07, 6.45) is 2.21. The third-order valence-corrected chi connectivity index (χ3v) is 5.21. The Morgan fingerprint density at radius 1 is 1.11 bits per heavy atom. The van der Waals surface area contributed by atoms with Crippen LogP contribution in [0.3, 0.4) is 0 Å². The lowest BCUT2D eigenvalue weighted by Gasteiger charge is -2.04. The van der Waals surface area contributed by atoms with Gasteiger partial charge in [-0.1, -0.05) is 28.1 Å². The second kappa shape index (κ2) is 6.26. The van der Waals surface area contributed by atoms with Gasteiger partial charge in [-0.15, -0.1) is 0 Å². The Balaban J connectivity index is 2.09. The normalized spacial score (nSPS) is 12.1. The molecule has 1 amide bonds. The Bertz CT molecular complexity index is 566. The monoisotopic (exact) mass is 336 g/mol. The molecular formula is C15H15BrNOS+. The Morgan fingerprint density at radius 3 is 2.21 bits per heavy atom. The Labute approximate surface area is 124 Å². The minimum Gasteiger partial charge on any atom is -0.366 e. The maximum absolute atomic E-state index is 11.0. The Morgan fingerprint density at radius 2 is 1.68 bits per heavy atom. The third-order valence-electron chi connectivity index (χ3n) is 2.84. The van der Waals surface area contributed by atoms with Crippen molar-refractivity contribution < 1.29 is 4.79 Å². The van der Waals surface area contributed by atoms with Crippen molar-refractivity contribution in [3.05, 3.63) is 64.1 Å².